The summed E-state index contributed by atoms with van der Waals surface area (Å²) in [7, 11) is 0. The van der Waals surface area contributed by atoms with E-state index in [1.807, 2.05) is 34.6 Å². The van der Waals surface area contributed by atoms with E-state index in [1.54, 1.807) is 0 Å². The van der Waals surface area contributed by atoms with Gasteiger partial charge in [0.15, 0.2) is 0 Å². The normalized spacial score (nSPS) is 20.3. The Balaban J connectivity index is 2.51. The highest BCUT2D eigenvalue weighted by Crippen LogP contribution is 2.29. The molecule has 1 aliphatic rings. The van der Waals surface area contributed by atoms with Gasteiger partial charge in [0.2, 0.25) is 0 Å². The summed E-state index contributed by atoms with van der Waals surface area (Å²) < 4.78 is 5.45. The van der Waals surface area contributed by atoms with Crippen molar-refractivity contribution in [1.82, 2.24) is 5.32 Å². The Labute approximate surface area is 98.9 Å². The van der Waals surface area contributed by atoms with Crippen molar-refractivity contribution in [2.45, 2.75) is 65.0 Å². The maximum atomic E-state index is 12.1. The van der Waals surface area contributed by atoms with E-state index in [0.717, 1.165) is 18.9 Å². The molecule has 1 N–H and O–H groups in total. The third-order valence-corrected chi connectivity index (χ3v) is 3.03. The SMILES string of the molecule is CCC(C)(NCC1CC1)C(=O)OC(C)(C)C. The molecule has 0 amide bonds. The van der Waals surface area contributed by atoms with Gasteiger partial charge in [0.05, 0.1) is 0 Å². The summed E-state index contributed by atoms with van der Waals surface area (Å²) >= 11 is 0. The summed E-state index contributed by atoms with van der Waals surface area (Å²) in [5.74, 6) is 0.636. The van der Waals surface area contributed by atoms with Gasteiger partial charge >= 0.3 is 5.97 Å². The average Bonchev–Trinajstić information content (AvgIpc) is 2.94. The van der Waals surface area contributed by atoms with Gasteiger partial charge in [0, 0.05) is 0 Å². The largest absolute Gasteiger partial charge is 0.459 e. The van der Waals surface area contributed by atoms with Gasteiger partial charge in [-0.05, 0) is 59.4 Å². The van der Waals surface area contributed by atoms with Crippen LogP contribution in [0.4, 0.5) is 0 Å². The van der Waals surface area contributed by atoms with Crippen molar-refractivity contribution >= 4 is 5.97 Å². The van der Waals surface area contributed by atoms with Gasteiger partial charge in [-0.2, -0.15) is 0 Å². The topological polar surface area (TPSA) is 38.3 Å². The molecule has 1 rings (SSSR count). The number of carbonyl (C=O) groups is 1. The minimum Gasteiger partial charge on any atom is -0.459 e. The third-order valence-electron chi connectivity index (χ3n) is 3.03. The second-order valence-electron chi connectivity index (χ2n) is 6.01. The Kier molecular flexibility index (Phi) is 4.00. The monoisotopic (exact) mass is 227 g/mol. The zero-order valence-corrected chi connectivity index (χ0v) is 11.2. The molecule has 1 atom stereocenters. The molecule has 0 saturated heterocycles. The van der Waals surface area contributed by atoms with Crippen molar-refractivity contribution in [1.29, 1.82) is 0 Å². The summed E-state index contributed by atoms with van der Waals surface area (Å²) in [6, 6.07) is 0. The second kappa shape index (κ2) is 4.74. The lowest BCUT2D eigenvalue weighted by Gasteiger charge is -2.31. The maximum Gasteiger partial charge on any atom is 0.326 e. The lowest BCUT2D eigenvalue weighted by atomic mass is 9.98. The van der Waals surface area contributed by atoms with Crippen LogP contribution >= 0.6 is 0 Å². The molecule has 1 aliphatic carbocycles. The lowest BCUT2D eigenvalue weighted by molar-refractivity contribution is -0.162. The number of hydrogen-bond donors (Lipinski definition) is 1. The molecule has 0 aromatic heterocycles. The fourth-order valence-corrected chi connectivity index (χ4v) is 1.42. The van der Waals surface area contributed by atoms with Crippen LogP contribution in [0.3, 0.4) is 0 Å². The van der Waals surface area contributed by atoms with Crippen LogP contribution < -0.4 is 5.32 Å². The first-order valence-corrected chi connectivity index (χ1v) is 6.25. The van der Waals surface area contributed by atoms with Gasteiger partial charge in [0.1, 0.15) is 11.1 Å². The molecule has 1 unspecified atom stereocenters. The number of esters is 1. The Bertz CT molecular complexity index is 253. The summed E-state index contributed by atoms with van der Waals surface area (Å²) in [6.45, 7) is 10.6. The van der Waals surface area contributed by atoms with Gasteiger partial charge in [-0.25, -0.2) is 0 Å². The molecular formula is C13H25NO2. The number of hydrogen-bond acceptors (Lipinski definition) is 3. The van der Waals surface area contributed by atoms with Crippen LogP contribution in [-0.2, 0) is 9.53 Å². The lowest BCUT2D eigenvalue weighted by Crippen LogP contribution is -2.52. The van der Waals surface area contributed by atoms with E-state index in [0.29, 0.717) is 0 Å². The molecule has 94 valence electrons. The van der Waals surface area contributed by atoms with Crippen molar-refractivity contribution < 1.29 is 9.53 Å². The Hall–Kier alpha value is -0.570. The molecule has 3 heteroatoms. The molecule has 3 nitrogen and oxygen atoms in total. The van der Waals surface area contributed by atoms with Crippen LogP contribution in [0, 0.1) is 5.92 Å². The molecular weight excluding hydrogens is 202 g/mol. The highest BCUT2D eigenvalue weighted by Gasteiger charge is 2.36. The minimum atomic E-state index is -0.532. The molecule has 0 aromatic rings. The quantitative estimate of drug-likeness (QED) is 0.733. The molecule has 0 aromatic carbocycles. The van der Waals surface area contributed by atoms with Crippen LogP contribution in [0.5, 0.6) is 0 Å². The molecule has 1 saturated carbocycles. The summed E-state index contributed by atoms with van der Waals surface area (Å²) in [5.41, 5.74) is -0.940. The zero-order valence-electron chi connectivity index (χ0n) is 11.2. The van der Waals surface area contributed by atoms with E-state index in [9.17, 15) is 4.79 Å². The fourth-order valence-electron chi connectivity index (χ4n) is 1.42. The van der Waals surface area contributed by atoms with Crippen LogP contribution in [0.15, 0.2) is 0 Å². The summed E-state index contributed by atoms with van der Waals surface area (Å²) in [5, 5.41) is 3.36. The number of nitrogens with one attached hydrogen (secondary N) is 1. The van der Waals surface area contributed by atoms with Gasteiger partial charge in [-0.1, -0.05) is 6.92 Å². The fraction of sp³-hybridized carbons (Fsp3) is 0.923. The van der Waals surface area contributed by atoms with Crippen molar-refractivity contribution in [3.8, 4) is 0 Å². The first-order chi connectivity index (χ1) is 7.27. The van der Waals surface area contributed by atoms with E-state index in [4.69, 9.17) is 4.74 Å². The van der Waals surface area contributed by atoms with Crippen LogP contribution in [0.1, 0.15) is 53.9 Å². The van der Waals surface area contributed by atoms with E-state index in [-0.39, 0.29) is 5.97 Å². The predicted molar refractivity (Wildman–Crippen MR) is 65.3 cm³/mol. The molecule has 0 aliphatic heterocycles. The van der Waals surface area contributed by atoms with E-state index < -0.39 is 11.1 Å². The summed E-state index contributed by atoms with van der Waals surface area (Å²) in [4.78, 5) is 12.1. The van der Waals surface area contributed by atoms with Crippen molar-refractivity contribution in [2.75, 3.05) is 6.54 Å². The van der Waals surface area contributed by atoms with Crippen LogP contribution in [0.25, 0.3) is 0 Å². The van der Waals surface area contributed by atoms with E-state index in [1.165, 1.54) is 12.8 Å². The number of rotatable bonds is 5. The Morgan fingerprint density at radius 1 is 1.31 bits per heavy atom. The predicted octanol–water partition coefficient (Wildman–Crippen LogP) is 2.50. The molecule has 0 bridgehead atoms. The Morgan fingerprint density at radius 3 is 2.25 bits per heavy atom. The van der Waals surface area contributed by atoms with Gasteiger partial charge in [-0.15, -0.1) is 0 Å². The first kappa shape index (κ1) is 13.5. The smallest absolute Gasteiger partial charge is 0.326 e. The highest BCUT2D eigenvalue weighted by atomic mass is 16.6. The first-order valence-electron chi connectivity index (χ1n) is 6.25. The van der Waals surface area contributed by atoms with Crippen molar-refractivity contribution in [3.05, 3.63) is 0 Å². The molecule has 1 fully saturated rings. The van der Waals surface area contributed by atoms with Gasteiger partial charge in [-0.3, -0.25) is 4.79 Å². The van der Waals surface area contributed by atoms with Gasteiger partial charge < -0.3 is 10.1 Å². The zero-order chi connectivity index (χ0) is 12.4. The van der Waals surface area contributed by atoms with Crippen molar-refractivity contribution in [2.24, 2.45) is 5.92 Å². The summed E-state index contributed by atoms with van der Waals surface area (Å²) in [6.07, 6.45) is 3.34. The average molecular weight is 227 g/mol. The highest BCUT2D eigenvalue weighted by molar-refractivity contribution is 5.80. The maximum absolute atomic E-state index is 12.1. The van der Waals surface area contributed by atoms with E-state index in [2.05, 4.69) is 5.32 Å². The van der Waals surface area contributed by atoms with Gasteiger partial charge in [0.25, 0.3) is 0 Å². The molecule has 0 spiro atoms. The molecule has 0 radical (unpaired) electrons. The number of carbonyl (C=O) groups excluding carboxylic acids is 1. The number of ether oxygens (including phenoxy) is 1. The standard InChI is InChI=1S/C13H25NO2/c1-6-13(5,14-9-10-7-8-10)11(15)16-12(2,3)4/h10,14H,6-9H2,1-5H3. The van der Waals surface area contributed by atoms with E-state index >= 15 is 0 Å². The van der Waals surface area contributed by atoms with Crippen LogP contribution in [-0.4, -0.2) is 23.7 Å². The minimum absolute atomic E-state index is 0.136. The Morgan fingerprint density at radius 2 is 1.88 bits per heavy atom. The van der Waals surface area contributed by atoms with Crippen LogP contribution in [0.2, 0.25) is 0 Å². The molecule has 16 heavy (non-hydrogen) atoms. The van der Waals surface area contributed by atoms with Crippen molar-refractivity contribution in [3.63, 3.8) is 0 Å². The molecule has 0 heterocycles. The third kappa shape index (κ3) is 4.12. The second-order valence-corrected chi connectivity index (χ2v) is 6.01.